The van der Waals surface area contributed by atoms with Crippen LogP contribution in [-0.2, 0) is 0 Å². The zero-order valence-electron chi connectivity index (χ0n) is 25.6. The number of nitrogens with zero attached hydrogens (tertiary/aromatic N) is 2. The summed E-state index contributed by atoms with van der Waals surface area (Å²) in [5, 5.41) is 7.08. The van der Waals surface area contributed by atoms with E-state index in [0.29, 0.717) is 0 Å². The molecule has 47 heavy (non-hydrogen) atoms. The van der Waals surface area contributed by atoms with Gasteiger partial charge in [-0.1, -0.05) is 91.0 Å². The molecular formula is C44H30N2O. The Morgan fingerprint density at radius 1 is 0.277 bits per heavy atom. The van der Waals surface area contributed by atoms with Crippen LogP contribution in [0, 0.1) is 0 Å². The van der Waals surface area contributed by atoms with Gasteiger partial charge >= 0.3 is 0 Å². The Morgan fingerprint density at radius 2 is 0.723 bits per heavy atom. The van der Waals surface area contributed by atoms with Gasteiger partial charge in [0.1, 0.15) is 11.2 Å². The Labute approximate surface area is 273 Å². The van der Waals surface area contributed by atoms with Gasteiger partial charge in [-0.3, -0.25) is 0 Å². The molecule has 9 rings (SSSR count). The van der Waals surface area contributed by atoms with Gasteiger partial charge in [-0.2, -0.15) is 0 Å². The van der Waals surface area contributed by atoms with Gasteiger partial charge in [0.15, 0.2) is 0 Å². The number of furan rings is 1. The Kier molecular flexibility index (Phi) is 6.46. The zero-order chi connectivity index (χ0) is 31.2. The van der Waals surface area contributed by atoms with Crippen molar-refractivity contribution in [3.8, 4) is 0 Å². The molecule has 0 spiro atoms. The number of anilines is 6. The van der Waals surface area contributed by atoms with E-state index in [0.717, 1.165) is 56.1 Å². The van der Waals surface area contributed by atoms with E-state index in [1.54, 1.807) is 0 Å². The number of para-hydroxylation sites is 4. The fourth-order valence-electron chi connectivity index (χ4n) is 6.78. The summed E-state index contributed by atoms with van der Waals surface area (Å²) in [6.45, 7) is 0. The maximum Gasteiger partial charge on any atom is 0.136 e. The molecule has 3 nitrogen and oxygen atoms in total. The summed E-state index contributed by atoms with van der Waals surface area (Å²) in [6, 6.07) is 64.4. The van der Waals surface area contributed by atoms with Gasteiger partial charge in [0, 0.05) is 44.9 Å². The predicted molar refractivity (Wildman–Crippen MR) is 198 cm³/mol. The molecule has 0 aliphatic carbocycles. The second-order valence-corrected chi connectivity index (χ2v) is 11.8. The molecule has 3 heteroatoms. The lowest BCUT2D eigenvalue weighted by Crippen LogP contribution is -2.12. The number of benzene rings is 8. The van der Waals surface area contributed by atoms with Gasteiger partial charge in [0.25, 0.3) is 0 Å². The van der Waals surface area contributed by atoms with E-state index in [1.807, 2.05) is 12.1 Å². The third-order valence-electron chi connectivity index (χ3n) is 8.99. The molecule has 0 fully saturated rings. The fraction of sp³-hybridized carbons (Fsp3) is 0. The van der Waals surface area contributed by atoms with Crippen LogP contribution in [0.25, 0.3) is 43.5 Å². The van der Waals surface area contributed by atoms with Crippen molar-refractivity contribution in [2.75, 3.05) is 9.80 Å². The van der Waals surface area contributed by atoms with Crippen molar-refractivity contribution in [3.63, 3.8) is 0 Å². The van der Waals surface area contributed by atoms with Crippen LogP contribution in [0.4, 0.5) is 34.1 Å². The summed E-state index contributed by atoms with van der Waals surface area (Å²) in [6.07, 6.45) is 0. The lowest BCUT2D eigenvalue weighted by Gasteiger charge is -2.28. The molecule has 222 valence electrons. The van der Waals surface area contributed by atoms with Crippen LogP contribution >= 0.6 is 0 Å². The topological polar surface area (TPSA) is 19.6 Å². The molecule has 9 aromatic rings. The van der Waals surface area contributed by atoms with Gasteiger partial charge < -0.3 is 14.2 Å². The average Bonchev–Trinajstić information content (AvgIpc) is 3.50. The molecule has 0 saturated heterocycles. The first-order valence-corrected chi connectivity index (χ1v) is 15.9. The highest BCUT2D eigenvalue weighted by atomic mass is 16.3. The Balaban J connectivity index is 1.19. The minimum absolute atomic E-state index is 0.916. The molecule has 0 aliphatic heterocycles. The van der Waals surface area contributed by atoms with Crippen molar-refractivity contribution in [1.29, 1.82) is 0 Å². The second kappa shape index (κ2) is 11.2. The maximum absolute atomic E-state index is 6.22. The lowest BCUT2D eigenvalue weighted by atomic mass is 9.99. The highest BCUT2D eigenvalue weighted by Gasteiger charge is 2.17. The van der Waals surface area contributed by atoms with Gasteiger partial charge in [0.05, 0.1) is 0 Å². The molecule has 0 atom stereocenters. The molecule has 1 heterocycles. The Bertz CT molecular complexity index is 2460. The van der Waals surface area contributed by atoms with Crippen LogP contribution < -0.4 is 9.80 Å². The first-order valence-electron chi connectivity index (χ1n) is 15.9. The van der Waals surface area contributed by atoms with Crippen LogP contribution in [0.1, 0.15) is 0 Å². The van der Waals surface area contributed by atoms with E-state index in [9.17, 15) is 0 Å². The summed E-state index contributed by atoms with van der Waals surface area (Å²) in [5.41, 5.74) is 8.46. The summed E-state index contributed by atoms with van der Waals surface area (Å²) in [7, 11) is 0. The molecule has 0 radical (unpaired) electrons. The smallest absolute Gasteiger partial charge is 0.136 e. The number of rotatable bonds is 6. The lowest BCUT2D eigenvalue weighted by molar-refractivity contribution is 0.669. The standard InChI is InChI=1S/C44H30N2O/c1-4-12-33(13-5-1)45(34-14-6-2-7-15-34)36-24-26-37(27-25-36)46(35-16-8-3-9-17-35)38-23-22-31-20-21-32-28-44-42(30-41(32)40(31)29-38)39-18-10-11-19-43(39)47-44/h1-30H. The van der Waals surface area contributed by atoms with Crippen LogP contribution in [-0.4, -0.2) is 0 Å². The minimum atomic E-state index is 0.916. The highest BCUT2D eigenvalue weighted by Crippen LogP contribution is 2.41. The van der Waals surface area contributed by atoms with E-state index < -0.39 is 0 Å². The summed E-state index contributed by atoms with van der Waals surface area (Å²) >= 11 is 0. The SMILES string of the molecule is c1ccc(N(c2ccccc2)c2ccc(N(c3ccccc3)c3ccc4ccc5cc6oc7ccccc7c6cc5c4c3)cc2)cc1. The van der Waals surface area contributed by atoms with Crippen molar-refractivity contribution >= 4 is 77.6 Å². The normalized spacial score (nSPS) is 11.4. The van der Waals surface area contributed by atoms with Crippen molar-refractivity contribution < 1.29 is 4.42 Å². The molecule has 0 unspecified atom stereocenters. The third kappa shape index (κ3) is 4.77. The highest BCUT2D eigenvalue weighted by molar-refractivity contribution is 6.17. The molecule has 0 N–H and O–H groups in total. The predicted octanol–water partition coefficient (Wildman–Crippen LogP) is 12.8. The van der Waals surface area contributed by atoms with E-state index in [1.165, 1.54) is 21.5 Å². The Morgan fingerprint density at radius 3 is 1.34 bits per heavy atom. The van der Waals surface area contributed by atoms with Crippen LogP contribution in [0.3, 0.4) is 0 Å². The molecule has 8 aromatic carbocycles. The fourth-order valence-corrected chi connectivity index (χ4v) is 6.78. The number of hydrogen-bond donors (Lipinski definition) is 0. The quantitative estimate of drug-likeness (QED) is 0.177. The van der Waals surface area contributed by atoms with Gasteiger partial charge in [-0.15, -0.1) is 0 Å². The first kappa shape index (κ1) is 27.0. The van der Waals surface area contributed by atoms with Crippen molar-refractivity contribution in [1.82, 2.24) is 0 Å². The third-order valence-corrected chi connectivity index (χ3v) is 8.99. The van der Waals surface area contributed by atoms with E-state index in [-0.39, 0.29) is 0 Å². The molecule has 0 amide bonds. The van der Waals surface area contributed by atoms with Crippen molar-refractivity contribution in [2.45, 2.75) is 0 Å². The van der Waals surface area contributed by atoms with E-state index >= 15 is 0 Å². The Hall–Kier alpha value is -6.32. The van der Waals surface area contributed by atoms with E-state index in [4.69, 9.17) is 4.42 Å². The average molecular weight is 603 g/mol. The second-order valence-electron chi connectivity index (χ2n) is 11.8. The monoisotopic (exact) mass is 602 g/mol. The van der Waals surface area contributed by atoms with E-state index in [2.05, 4.69) is 180 Å². The summed E-state index contributed by atoms with van der Waals surface area (Å²) in [5.74, 6) is 0. The van der Waals surface area contributed by atoms with Crippen LogP contribution in [0.5, 0.6) is 0 Å². The van der Waals surface area contributed by atoms with Gasteiger partial charge in [-0.25, -0.2) is 0 Å². The number of fused-ring (bicyclic) bond motifs is 6. The van der Waals surface area contributed by atoms with Gasteiger partial charge in [0.2, 0.25) is 0 Å². The largest absolute Gasteiger partial charge is 0.456 e. The molecule has 1 aromatic heterocycles. The van der Waals surface area contributed by atoms with Crippen LogP contribution in [0.2, 0.25) is 0 Å². The van der Waals surface area contributed by atoms with Crippen molar-refractivity contribution in [2.24, 2.45) is 0 Å². The first-order chi connectivity index (χ1) is 23.3. The summed E-state index contributed by atoms with van der Waals surface area (Å²) in [4.78, 5) is 4.63. The van der Waals surface area contributed by atoms with Crippen LogP contribution in [0.15, 0.2) is 186 Å². The molecule has 0 saturated carbocycles. The maximum atomic E-state index is 6.22. The summed E-state index contributed by atoms with van der Waals surface area (Å²) < 4.78 is 6.22. The zero-order valence-corrected chi connectivity index (χ0v) is 25.6. The molecule has 0 bridgehead atoms. The molecule has 0 aliphatic rings. The van der Waals surface area contributed by atoms with Crippen molar-refractivity contribution in [3.05, 3.63) is 182 Å². The number of hydrogen-bond acceptors (Lipinski definition) is 3. The van der Waals surface area contributed by atoms with Gasteiger partial charge in [-0.05, 0) is 113 Å². The molecular weight excluding hydrogens is 572 g/mol. The minimum Gasteiger partial charge on any atom is -0.456 e.